The van der Waals surface area contributed by atoms with Crippen LogP contribution in [0.1, 0.15) is 21.5 Å². The first kappa shape index (κ1) is 16.0. The zero-order valence-corrected chi connectivity index (χ0v) is 13.7. The molecule has 3 aromatic carbocycles. The molecular weight excluding hydrogens is 324 g/mol. The Labute approximate surface area is 144 Å². The molecule has 1 amide bonds. The summed E-state index contributed by atoms with van der Waals surface area (Å²) in [6.45, 7) is 1.87. The van der Waals surface area contributed by atoms with E-state index in [0.29, 0.717) is 16.1 Å². The van der Waals surface area contributed by atoms with Gasteiger partial charge in [-0.2, -0.15) is 5.10 Å². The lowest BCUT2D eigenvalue weighted by molar-refractivity contribution is 0.0955. The Hall–Kier alpha value is -2.85. The molecule has 0 heterocycles. The minimum atomic E-state index is -0.367. The number of carbonyl (C=O) groups is 1. The number of halogens is 1. The number of hydrogen-bond acceptors (Lipinski definition) is 3. The normalized spacial score (nSPS) is 11.1. The Kier molecular flexibility index (Phi) is 4.49. The Bertz CT molecular complexity index is 951. The fourth-order valence-corrected chi connectivity index (χ4v) is 2.52. The van der Waals surface area contributed by atoms with Gasteiger partial charge in [0.1, 0.15) is 5.75 Å². The zero-order chi connectivity index (χ0) is 17.1. The summed E-state index contributed by atoms with van der Waals surface area (Å²) < 4.78 is 0. The van der Waals surface area contributed by atoms with E-state index in [0.717, 1.165) is 16.3 Å². The minimum Gasteiger partial charge on any atom is -0.507 e. The molecule has 0 saturated carbocycles. The van der Waals surface area contributed by atoms with E-state index in [1.54, 1.807) is 24.3 Å². The van der Waals surface area contributed by atoms with Gasteiger partial charge in [-0.15, -0.1) is 0 Å². The first-order valence-corrected chi connectivity index (χ1v) is 7.74. The van der Waals surface area contributed by atoms with Gasteiger partial charge < -0.3 is 5.11 Å². The molecule has 24 heavy (non-hydrogen) atoms. The second kappa shape index (κ2) is 6.72. The SMILES string of the molecule is Cc1ccc(C(=O)N/N=C\c2ccc3ccccc3c2O)cc1Cl. The third-order valence-electron chi connectivity index (χ3n) is 3.74. The van der Waals surface area contributed by atoms with Gasteiger partial charge in [0.25, 0.3) is 5.91 Å². The van der Waals surface area contributed by atoms with Gasteiger partial charge in [-0.05, 0) is 36.1 Å². The van der Waals surface area contributed by atoms with E-state index in [-0.39, 0.29) is 11.7 Å². The zero-order valence-electron chi connectivity index (χ0n) is 13.0. The molecule has 0 atom stereocenters. The maximum absolute atomic E-state index is 12.0. The average Bonchev–Trinajstić information content (AvgIpc) is 2.59. The summed E-state index contributed by atoms with van der Waals surface area (Å²) >= 11 is 6.01. The number of aryl methyl sites for hydroxylation is 1. The van der Waals surface area contributed by atoms with Crippen LogP contribution in [0.4, 0.5) is 0 Å². The lowest BCUT2D eigenvalue weighted by Gasteiger charge is -2.05. The van der Waals surface area contributed by atoms with Gasteiger partial charge in [0.05, 0.1) is 6.21 Å². The molecule has 0 spiro atoms. The van der Waals surface area contributed by atoms with Crippen LogP contribution in [0.15, 0.2) is 59.7 Å². The van der Waals surface area contributed by atoms with Gasteiger partial charge in [0.2, 0.25) is 0 Å². The molecule has 0 aliphatic rings. The molecular formula is C19H15ClN2O2. The van der Waals surface area contributed by atoms with Gasteiger partial charge >= 0.3 is 0 Å². The molecule has 3 aromatic rings. The fourth-order valence-electron chi connectivity index (χ4n) is 2.34. The van der Waals surface area contributed by atoms with Gasteiger partial charge in [-0.25, -0.2) is 5.43 Å². The van der Waals surface area contributed by atoms with Crippen LogP contribution in [0.3, 0.4) is 0 Å². The van der Waals surface area contributed by atoms with Crippen molar-refractivity contribution in [1.82, 2.24) is 5.43 Å². The molecule has 120 valence electrons. The van der Waals surface area contributed by atoms with E-state index < -0.39 is 0 Å². The minimum absolute atomic E-state index is 0.129. The van der Waals surface area contributed by atoms with Crippen molar-refractivity contribution >= 4 is 34.5 Å². The fraction of sp³-hybridized carbons (Fsp3) is 0.0526. The number of fused-ring (bicyclic) bond motifs is 1. The Morgan fingerprint density at radius 2 is 1.96 bits per heavy atom. The molecule has 0 radical (unpaired) electrons. The predicted octanol–water partition coefficient (Wildman–Crippen LogP) is 4.27. The molecule has 0 saturated heterocycles. The first-order chi connectivity index (χ1) is 11.6. The van der Waals surface area contributed by atoms with Crippen LogP contribution < -0.4 is 5.43 Å². The Balaban J connectivity index is 1.77. The number of aromatic hydroxyl groups is 1. The van der Waals surface area contributed by atoms with Crippen molar-refractivity contribution in [2.75, 3.05) is 0 Å². The largest absolute Gasteiger partial charge is 0.507 e. The predicted molar refractivity (Wildman–Crippen MR) is 96.9 cm³/mol. The molecule has 4 nitrogen and oxygen atoms in total. The Morgan fingerprint density at radius 3 is 2.75 bits per heavy atom. The lowest BCUT2D eigenvalue weighted by atomic mass is 10.1. The second-order valence-corrected chi connectivity index (χ2v) is 5.79. The second-order valence-electron chi connectivity index (χ2n) is 5.39. The van der Waals surface area contributed by atoms with Gasteiger partial charge in [-0.3, -0.25) is 4.79 Å². The number of nitrogens with one attached hydrogen (secondary N) is 1. The summed E-state index contributed by atoms with van der Waals surface area (Å²) in [5.74, 6) is -0.238. The van der Waals surface area contributed by atoms with E-state index in [9.17, 15) is 9.90 Å². The number of nitrogens with zero attached hydrogens (tertiary/aromatic N) is 1. The highest BCUT2D eigenvalue weighted by Crippen LogP contribution is 2.27. The molecule has 0 unspecified atom stereocenters. The van der Waals surface area contributed by atoms with Crippen molar-refractivity contribution in [1.29, 1.82) is 0 Å². The first-order valence-electron chi connectivity index (χ1n) is 7.36. The number of hydrogen-bond donors (Lipinski definition) is 2. The smallest absolute Gasteiger partial charge is 0.271 e. The average molecular weight is 339 g/mol. The molecule has 3 rings (SSSR count). The Morgan fingerprint density at radius 1 is 1.17 bits per heavy atom. The summed E-state index contributed by atoms with van der Waals surface area (Å²) in [7, 11) is 0. The summed E-state index contributed by atoms with van der Waals surface area (Å²) in [5.41, 5.74) is 4.28. The highest BCUT2D eigenvalue weighted by molar-refractivity contribution is 6.31. The van der Waals surface area contributed by atoms with Crippen LogP contribution in [-0.4, -0.2) is 17.2 Å². The van der Waals surface area contributed by atoms with E-state index >= 15 is 0 Å². The summed E-state index contributed by atoms with van der Waals surface area (Å²) in [4.78, 5) is 12.0. The third-order valence-corrected chi connectivity index (χ3v) is 4.14. The van der Waals surface area contributed by atoms with Crippen LogP contribution in [0, 0.1) is 6.92 Å². The van der Waals surface area contributed by atoms with Crippen LogP contribution in [0.2, 0.25) is 5.02 Å². The molecule has 0 fully saturated rings. The van der Waals surface area contributed by atoms with Gasteiger partial charge in [0, 0.05) is 21.5 Å². The molecule has 2 N–H and O–H groups in total. The molecule has 0 aliphatic heterocycles. The van der Waals surface area contributed by atoms with Crippen LogP contribution in [-0.2, 0) is 0 Å². The maximum Gasteiger partial charge on any atom is 0.271 e. The van der Waals surface area contributed by atoms with Crippen LogP contribution in [0.25, 0.3) is 10.8 Å². The molecule has 0 aromatic heterocycles. The molecule has 0 bridgehead atoms. The maximum atomic E-state index is 12.0. The van der Waals surface area contributed by atoms with Crippen LogP contribution in [0.5, 0.6) is 5.75 Å². The summed E-state index contributed by atoms with van der Waals surface area (Å²) in [6, 6.07) is 16.2. The standard InChI is InChI=1S/C19H15ClN2O2/c1-12-6-7-14(10-17(12)20)19(24)22-21-11-15-9-8-13-4-2-3-5-16(13)18(15)23/h2-11,23H,1H3,(H,22,24)/b21-11-. The monoisotopic (exact) mass is 338 g/mol. The van der Waals surface area contributed by atoms with E-state index in [4.69, 9.17) is 11.6 Å². The van der Waals surface area contributed by atoms with E-state index in [2.05, 4.69) is 10.5 Å². The highest BCUT2D eigenvalue weighted by Gasteiger charge is 2.07. The van der Waals surface area contributed by atoms with Crippen molar-refractivity contribution in [2.45, 2.75) is 6.92 Å². The number of amides is 1. The van der Waals surface area contributed by atoms with Crippen molar-refractivity contribution in [3.05, 3.63) is 76.3 Å². The summed E-state index contributed by atoms with van der Waals surface area (Å²) in [6.07, 6.45) is 1.41. The number of phenolic OH excluding ortho intramolecular Hbond substituents is 1. The van der Waals surface area contributed by atoms with E-state index in [1.165, 1.54) is 6.21 Å². The highest BCUT2D eigenvalue weighted by atomic mass is 35.5. The quantitative estimate of drug-likeness (QED) is 0.553. The number of benzene rings is 3. The van der Waals surface area contributed by atoms with E-state index in [1.807, 2.05) is 37.3 Å². The van der Waals surface area contributed by atoms with Crippen molar-refractivity contribution < 1.29 is 9.90 Å². The van der Waals surface area contributed by atoms with Gasteiger partial charge in [-0.1, -0.05) is 48.0 Å². The van der Waals surface area contributed by atoms with Crippen molar-refractivity contribution in [3.63, 3.8) is 0 Å². The van der Waals surface area contributed by atoms with Crippen molar-refractivity contribution in [2.24, 2.45) is 5.10 Å². The lowest BCUT2D eigenvalue weighted by Crippen LogP contribution is -2.17. The number of hydrazone groups is 1. The van der Waals surface area contributed by atoms with Crippen molar-refractivity contribution in [3.8, 4) is 5.75 Å². The third kappa shape index (κ3) is 3.24. The van der Waals surface area contributed by atoms with Crippen LogP contribution >= 0.6 is 11.6 Å². The topological polar surface area (TPSA) is 61.7 Å². The molecule has 0 aliphatic carbocycles. The number of carbonyl (C=O) groups excluding carboxylic acids is 1. The summed E-state index contributed by atoms with van der Waals surface area (Å²) in [5, 5.41) is 16.4. The van der Waals surface area contributed by atoms with Gasteiger partial charge in [0.15, 0.2) is 0 Å². The number of rotatable bonds is 3. The molecule has 5 heteroatoms. The number of phenols is 1.